The van der Waals surface area contributed by atoms with E-state index < -0.39 is 5.91 Å². The molecule has 0 saturated carbocycles. The van der Waals surface area contributed by atoms with Gasteiger partial charge in [0, 0.05) is 62.7 Å². The molecule has 8 heteroatoms. The molecule has 61 heavy (non-hydrogen) atoms. The number of allylic oxidation sites excluding steroid dienone is 4. The molecule has 1 spiro atoms. The van der Waals surface area contributed by atoms with Gasteiger partial charge >= 0.3 is 5.91 Å². The molecule has 0 radical (unpaired) electrons. The first-order chi connectivity index (χ1) is 29.7. The van der Waals surface area contributed by atoms with Crippen molar-refractivity contribution in [1.82, 2.24) is 9.13 Å². The zero-order valence-electron chi connectivity index (χ0n) is 35.5. The van der Waals surface area contributed by atoms with E-state index in [0.29, 0.717) is 0 Å². The van der Waals surface area contributed by atoms with Crippen molar-refractivity contribution in [1.29, 1.82) is 0 Å². The molecule has 6 aliphatic rings. The molecular formula is C53H47N4S4+5. The minimum absolute atomic E-state index is 0.173. The lowest BCUT2D eigenvalue weighted by atomic mass is 9.92. The predicted octanol–water partition coefficient (Wildman–Crippen LogP) is 8.00. The Balaban J connectivity index is 1.25. The molecule has 0 N–H and O–H groups in total. The van der Waals surface area contributed by atoms with Gasteiger partial charge in [-0.1, -0.05) is 33.4 Å². The van der Waals surface area contributed by atoms with Crippen molar-refractivity contribution in [3.63, 3.8) is 0 Å². The Labute approximate surface area is 371 Å². The van der Waals surface area contributed by atoms with Crippen LogP contribution in [0.5, 0.6) is 0 Å². The average molecular weight is 868 g/mol. The molecule has 0 bridgehead atoms. The summed E-state index contributed by atoms with van der Waals surface area (Å²) in [6.45, 7) is 0. The van der Waals surface area contributed by atoms with Gasteiger partial charge in [0.15, 0.2) is 14.7 Å². The standard InChI is InChI=1S/C53H47N4S4/c1-58-32-33-8-10-34(11-9-33)49-41-24-26-43-50(35-12-18-38(19-13-35)59(2)3)45-28-30-47-52(37-16-22-40(23-17-37)61(6)7)48-31-29-46-51(36-14-20-39(21-15-36)60(4)5)44-27-25-42(49)55(44)53(54(41)43,56(45)47)57(46)48/h8-31H,32H2,1-7H3/q+5. The molecule has 0 aliphatic carbocycles. The monoisotopic (exact) mass is 867 g/mol. The van der Waals surface area contributed by atoms with Gasteiger partial charge in [-0.25, -0.2) is 0 Å². The van der Waals surface area contributed by atoms with Crippen LogP contribution in [-0.2, 0) is 44.3 Å². The normalized spacial score (nSPS) is 18.9. The van der Waals surface area contributed by atoms with E-state index in [9.17, 15) is 0 Å². The average Bonchev–Trinajstić information content (AvgIpc) is 4.10. The molecule has 6 aromatic rings. The highest BCUT2D eigenvalue weighted by molar-refractivity contribution is 7.97. The Hall–Kier alpha value is -5.12. The lowest BCUT2D eigenvalue weighted by Gasteiger charge is -2.41. The van der Waals surface area contributed by atoms with E-state index in [2.05, 4.69) is 208 Å². The van der Waals surface area contributed by atoms with Crippen molar-refractivity contribution in [3.8, 4) is 0 Å². The van der Waals surface area contributed by atoms with Gasteiger partial charge in [0.2, 0.25) is 22.8 Å². The first-order valence-electron chi connectivity index (χ1n) is 20.7. The van der Waals surface area contributed by atoms with Crippen molar-refractivity contribution < 1.29 is 9.15 Å². The number of hydrogen-bond donors (Lipinski definition) is 0. The third-order valence-corrected chi connectivity index (χ3v) is 17.4. The summed E-state index contributed by atoms with van der Waals surface area (Å²) in [5.41, 5.74) is 18.8. The molecule has 2 aromatic heterocycles. The summed E-state index contributed by atoms with van der Waals surface area (Å²) in [6, 6.07) is 47.2. The van der Waals surface area contributed by atoms with Crippen LogP contribution in [0.1, 0.15) is 39.2 Å². The zero-order chi connectivity index (χ0) is 41.5. The smallest absolute Gasteiger partial charge is 0.198 e. The molecule has 12 rings (SSSR count). The second-order valence-corrected chi connectivity index (χ2v) is 24.2. The molecule has 0 fully saturated rings. The molecule has 8 heterocycles. The van der Waals surface area contributed by atoms with Gasteiger partial charge in [0.25, 0.3) is 0 Å². The van der Waals surface area contributed by atoms with Crippen LogP contribution in [0.25, 0.3) is 22.3 Å². The van der Waals surface area contributed by atoms with Crippen LogP contribution in [-0.4, -0.2) is 73.5 Å². The van der Waals surface area contributed by atoms with Gasteiger partial charge in [-0.15, -0.1) is 0 Å². The number of nitrogens with zero attached hydrogens (tertiary/aromatic N) is 4. The zero-order valence-corrected chi connectivity index (χ0v) is 38.8. The van der Waals surface area contributed by atoms with Crippen LogP contribution >= 0.6 is 11.8 Å². The second-order valence-electron chi connectivity index (χ2n) is 17.0. The first kappa shape index (κ1) is 37.6. The van der Waals surface area contributed by atoms with Crippen LogP contribution < -0.4 is 10.7 Å². The summed E-state index contributed by atoms with van der Waals surface area (Å²) in [7, 11) is 0.518. The molecular weight excluding hydrogens is 821 g/mol. The van der Waals surface area contributed by atoms with E-state index in [0.717, 1.165) is 5.75 Å². The van der Waals surface area contributed by atoms with E-state index >= 15 is 0 Å². The lowest BCUT2D eigenvalue weighted by Crippen LogP contribution is -2.71. The Bertz CT molecular complexity index is 3220. The molecule has 0 amide bonds. The Morgan fingerprint density at radius 2 is 0.820 bits per heavy atom. The number of benzene rings is 4. The van der Waals surface area contributed by atoms with Crippen LogP contribution in [0, 0.1) is 0 Å². The summed E-state index contributed by atoms with van der Waals surface area (Å²) in [5.74, 6) is 0.210. The quantitative estimate of drug-likeness (QED) is 0.106. The molecule has 1 atom stereocenters. The molecule has 6 aliphatic heterocycles. The van der Waals surface area contributed by atoms with Gasteiger partial charge in [0.05, 0.1) is 44.4 Å². The highest BCUT2D eigenvalue weighted by Gasteiger charge is 2.73. The third-order valence-electron chi connectivity index (χ3n) is 13.2. The SMILES string of the molecule is CSCc1ccc(C2=c3ccc4n3C35n6c(ccc6C(c6ccc([S+](C)C)cc6)=C6C=CC(=[N+]63)C=4c3ccc([S+](C)C)cc3)C(c3ccc([S+](C)C)cc3)=C3C=CC2=[N+]35)cc1. The number of rotatable bonds is 9. The summed E-state index contributed by atoms with van der Waals surface area (Å²) >= 11 is 1.87. The Kier molecular flexibility index (Phi) is 8.44. The summed E-state index contributed by atoms with van der Waals surface area (Å²) < 4.78 is 10.8. The molecule has 0 saturated heterocycles. The van der Waals surface area contributed by atoms with Crippen LogP contribution in [0.4, 0.5) is 0 Å². The third kappa shape index (κ3) is 5.08. The molecule has 1 unspecified atom stereocenters. The van der Waals surface area contributed by atoms with Crippen LogP contribution in [0.2, 0.25) is 0 Å². The topological polar surface area (TPSA) is 15.9 Å². The fourth-order valence-corrected chi connectivity index (χ4v) is 13.1. The van der Waals surface area contributed by atoms with Crippen molar-refractivity contribution in [3.05, 3.63) is 207 Å². The number of thioether (sulfide) groups is 1. The van der Waals surface area contributed by atoms with Gasteiger partial charge in [0.1, 0.15) is 37.5 Å². The predicted molar refractivity (Wildman–Crippen MR) is 263 cm³/mol. The molecule has 298 valence electrons. The summed E-state index contributed by atoms with van der Waals surface area (Å²) in [4.78, 5) is 4.15. The van der Waals surface area contributed by atoms with Crippen LogP contribution in [0.3, 0.4) is 0 Å². The maximum atomic E-state index is 2.70. The first-order valence-corrected chi connectivity index (χ1v) is 28.2. The van der Waals surface area contributed by atoms with Gasteiger partial charge in [-0.05, 0) is 131 Å². The van der Waals surface area contributed by atoms with Crippen molar-refractivity contribution >= 4 is 78.2 Å². The second kappa shape index (κ2) is 13.7. The van der Waals surface area contributed by atoms with Gasteiger partial charge in [-0.3, -0.25) is 0 Å². The summed E-state index contributed by atoms with van der Waals surface area (Å²) in [6.07, 6.45) is 25.6. The Morgan fingerprint density at radius 3 is 1.20 bits per heavy atom. The lowest BCUT2D eigenvalue weighted by molar-refractivity contribution is -0.834. The highest BCUT2D eigenvalue weighted by Crippen LogP contribution is 2.53. The fraction of sp³-hybridized carbons (Fsp3) is 0.170. The maximum absolute atomic E-state index is 2.70. The van der Waals surface area contributed by atoms with Crippen LogP contribution in [0.15, 0.2) is 172 Å². The van der Waals surface area contributed by atoms with E-state index in [-0.39, 0.29) is 32.7 Å². The van der Waals surface area contributed by atoms with E-state index in [1.165, 1.54) is 110 Å². The van der Waals surface area contributed by atoms with Crippen molar-refractivity contribution in [2.24, 2.45) is 0 Å². The van der Waals surface area contributed by atoms with Crippen molar-refractivity contribution in [2.45, 2.75) is 26.4 Å². The highest BCUT2D eigenvalue weighted by atomic mass is 32.2. The maximum Gasteiger partial charge on any atom is 0.553 e. The largest absolute Gasteiger partial charge is 0.553 e. The molecule has 4 aromatic carbocycles. The van der Waals surface area contributed by atoms with E-state index in [1.807, 2.05) is 11.8 Å². The van der Waals surface area contributed by atoms with E-state index in [1.54, 1.807) is 0 Å². The minimum Gasteiger partial charge on any atom is -0.198 e. The van der Waals surface area contributed by atoms with Gasteiger partial charge in [-0.2, -0.15) is 20.9 Å². The van der Waals surface area contributed by atoms with Crippen molar-refractivity contribution in [2.75, 3.05) is 43.8 Å². The minimum atomic E-state index is -0.790. The van der Waals surface area contributed by atoms with Gasteiger partial charge < -0.3 is 0 Å². The Morgan fingerprint density at radius 1 is 0.443 bits per heavy atom. The number of aromatic nitrogens is 2. The van der Waals surface area contributed by atoms with E-state index in [4.69, 9.17) is 0 Å². The number of hydrogen-bond acceptors (Lipinski definition) is 1. The summed E-state index contributed by atoms with van der Waals surface area (Å²) in [5, 5.41) is 2.46. The fourth-order valence-electron chi connectivity index (χ4n) is 10.5. The molecule has 4 nitrogen and oxygen atoms in total.